The van der Waals surface area contributed by atoms with Crippen molar-refractivity contribution in [3.63, 3.8) is 0 Å². The number of rotatable bonds is 5. The molecule has 6 heteroatoms. The van der Waals surface area contributed by atoms with Crippen molar-refractivity contribution >= 4 is 17.5 Å². The fourth-order valence-electron chi connectivity index (χ4n) is 3.85. The molecule has 1 aliphatic heterocycles. The lowest BCUT2D eigenvalue weighted by Gasteiger charge is -2.33. The van der Waals surface area contributed by atoms with E-state index < -0.39 is 0 Å². The molecule has 1 aliphatic carbocycles. The third-order valence-electron chi connectivity index (χ3n) is 5.34. The van der Waals surface area contributed by atoms with Crippen molar-refractivity contribution in [2.45, 2.75) is 50.6 Å². The first-order chi connectivity index (χ1) is 12.5. The summed E-state index contributed by atoms with van der Waals surface area (Å²) in [5, 5.41) is 3.12. The maximum atomic E-state index is 12.6. The highest BCUT2D eigenvalue weighted by atomic mass is 16.5. The number of anilines is 1. The van der Waals surface area contributed by atoms with Crippen LogP contribution in [0.15, 0.2) is 24.3 Å². The lowest BCUT2D eigenvalue weighted by molar-refractivity contribution is -0.126. The monoisotopic (exact) mass is 359 g/mol. The van der Waals surface area contributed by atoms with Crippen molar-refractivity contribution in [1.29, 1.82) is 0 Å². The zero-order valence-electron chi connectivity index (χ0n) is 15.7. The molecule has 0 aromatic heterocycles. The Hall–Kier alpha value is -2.08. The van der Waals surface area contributed by atoms with Crippen molar-refractivity contribution < 1.29 is 14.3 Å². The predicted octanol–water partition coefficient (Wildman–Crippen LogP) is 2.18. The number of ether oxygens (including phenoxy) is 1. The molecule has 0 saturated heterocycles. The van der Waals surface area contributed by atoms with Crippen LogP contribution in [0.4, 0.5) is 5.69 Å². The zero-order valence-corrected chi connectivity index (χ0v) is 15.7. The highest BCUT2D eigenvalue weighted by Crippen LogP contribution is 2.31. The third kappa shape index (κ3) is 4.55. The number of nitrogens with one attached hydrogen (secondary N) is 1. The van der Waals surface area contributed by atoms with Crippen LogP contribution in [0.25, 0.3) is 0 Å². The van der Waals surface area contributed by atoms with Gasteiger partial charge in [0.15, 0.2) is 0 Å². The van der Waals surface area contributed by atoms with Gasteiger partial charge in [-0.3, -0.25) is 9.59 Å². The SMILES string of the molecule is CN(C)[C@H]1CCC[C@H](NC(=O)CCC(=O)N2CCOc3ccccc32)C1. The highest BCUT2D eigenvalue weighted by molar-refractivity contribution is 5.97. The first-order valence-corrected chi connectivity index (χ1v) is 9.52. The van der Waals surface area contributed by atoms with E-state index in [1.54, 1.807) is 4.90 Å². The van der Waals surface area contributed by atoms with Gasteiger partial charge >= 0.3 is 0 Å². The molecule has 26 heavy (non-hydrogen) atoms. The van der Waals surface area contributed by atoms with E-state index in [1.165, 1.54) is 6.42 Å². The zero-order chi connectivity index (χ0) is 18.5. The lowest BCUT2D eigenvalue weighted by atomic mass is 9.90. The smallest absolute Gasteiger partial charge is 0.227 e. The van der Waals surface area contributed by atoms with Gasteiger partial charge in [0.05, 0.1) is 12.2 Å². The van der Waals surface area contributed by atoms with Gasteiger partial charge in [-0.2, -0.15) is 0 Å². The Morgan fingerprint density at radius 1 is 1.23 bits per heavy atom. The molecule has 2 atom stereocenters. The number of hydrogen-bond donors (Lipinski definition) is 1. The van der Waals surface area contributed by atoms with Crippen LogP contribution in [0.2, 0.25) is 0 Å². The summed E-state index contributed by atoms with van der Waals surface area (Å²) in [7, 11) is 4.18. The van der Waals surface area contributed by atoms with Crippen LogP contribution in [-0.4, -0.2) is 56.0 Å². The number of carbonyl (C=O) groups is 2. The number of carbonyl (C=O) groups excluding carboxylic acids is 2. The quantitative estimate of drug-likeness (QED) is 0.875. The summed E-state index contributed by atoms with van der Waals surface area (Å²) >= 11 is 0. The van der Waals surface area contributed by atoms with Gasteiger partial charge in [-0.25, -0.2) is 0 Å². The van der Waals surface area contributed by atoms with E-state index in [9.17, 15) is 9.59 Å². The van der Waals surface area contributed by atoms with Gasteiger partial charge in [0.1, 0.15) is 12.4 Å². The Balaban J connectivity index is 1.48. The van der Waals surface area contributed by atoms with E-state index in [1.807, 2.05) is 24.3 Å². The summed E-state index contributed by atoms with van der Waals surface area (Å²) < 4.78 is 5.58. The molecule has 6 nitrogen and oxygen atoms in total. The van der Waals surface area contributed by atoms with Crippen molar-refractivity contribution in [3.8, 4) is 5.75 Å². The number of para-hydroxylation sites is 2. The van der Waals surface area contributed by atoms with Gasteiger partial charge in [-0.05, 0) is 51.9 Å². The number of hydrogen-bond acceptors (Lipinski definition) is 4. The number of nitrogens with zero attached hydrogens (tertiary/aromatic N) is 2. The molecular weight excluding hydrogens is 330 g/mol. The van der Waals surface area contributed by atoms with Crippen LogP contribution in [0.1, 0.15) is 38.5 Å². The molecule has 0 radical (unpaired) electrons. The topological polar surface area (TPSA) is 61.9 Å². The van der Waals surface area contributed by atoms with Gasteiger partial charge in [0.25, 0.3) is 0 Å². The average molecular weight is 359 g/mol. The van der Waals surface area contributed by atoms with Crippen LogP contribution in [0.3, 0.4) is 0 Å². The van der Waals surface area contributed by atoms with Gasteiger partial charge in [-0.1, -0.05) is 12.1 Å². The summed E-state index contributed by atoms with van der Waals surface area (Å²) in [4.78, 5) is 28.8. The molecule has 0 spiro atoms. The second-order valence-corrected chi connectivity index (χ2v) is 7.41. The maximum Gasteiger partial charge on any atom is 0.227 e. The fraction of sp³-hybridized carbons (Fsp3) is 0.600. The van der Waals surface area contributed by atoms with E-state index in [0.717, 1.165) is 30.7 Å². The Bertz CT molecular complexity index is 647. The summed E-state index contributed by atoms with van der Waals surface area (Å²) in [6.45, 7) is 1.02. The minimum Gasteiger partial charge on any atom is -0.490 e. The Morgan fingerprint density at radius 2 is 2.04 bits per heavy atom. The van der Waals surface area contributed by atoms with E-state index >= 15 is 0 Å². The number of fused-ring (bicyclic) bond motifs is 1. The van der Waals surface area contributed by atoms with E-state index in [-0.39, 0.29) is 30.7 Å². The van der Waals surface area contributed by atoms with Crippen molar-refractivity contribution in [2.24, 2.45) is 0 Å². The molecule has 2 amide bonds. The first-order valence-electron chi connectivity index (χ1n) is 9.52. The van der Waals surface area contributed by atoms with E-state index in [0.29, 0.717) is 19.2 Å². The maximum absolute atomic E-state index is 12.6. The van der Waals surface area contributed by atoms with Gasteiger partial charge in [0, 0.05) is 24.9 Å². The van der Waals surface area contributed by atoms with Crippen LogP contribution in [0, 0.1) is 0 Å². The summed E-state index contributed by atoms with van der Waals surface area (Å²) in [5.41, 5.74) is 0.797. The van der Waals surface area contributed by atoms with Crippen LogP contribution < -0.4 is 15.0 Å². The minimum atomic E-state index is -0.0238. The standard InChI is InChI=1S/C20H29N3O3/c1-22(2)16-7-5-6-15(14-16)21-19(24)10-11-20(25)23-12-13-26-18-9-4-3-8-17(18)23/h3-4,8-9,15-16H,5-7,10-14H2,1-2H3,(H,21,24)/t15-,16-/m0/s1. The molecule has 1 aromatic rings. The second kappa shape index (κ2) is 8.54. The highest BCUT2D eigenvalue weighted by Gasteiger charge is 2.26. The Kier molecular flexibility index (Phi) is 6.14. The fourth-order valence-corrected chi connectivity index (χ4v) is 3.85. The third-order valence-corrected chi connectivity index (χ3v) is 5.34. The van der Waals surface area contributed by atoms with E-state index in [4.69, 9.17) is 4.74 Å². The molecule has 1 saturated carbocycles. The molecule has 2 aliphatic rings. The average Bonchev–Trinajstić information content (AvgIpc) is 2.66. The Labute approximate surface area is 155 Å². The second-order valence-electron chi connectivity index (χ2n) is 7.41. The first kappa shape index (κ1) is 18.7. The summed E-state index contributed by atoms with van der Waals surface area (Å²) in [5.74, 6) is 0.684. The molecule has 1 aromatic carbocycles. The minimum absolute atomic E-state index is 0.0225. The molecule has 142 valence electrons. The largest absolute Gasteiger partial charge is 0.490 e. The van der Waals surface area contributed by atoms with Gasteiger partial charge < -0.3 is 19.9 Å². The molecular formula is C20H29N3O3. The number of amides is 2. The molecule has 1 heterocycles. The van der Waals surface area contributed by atoms with Gasteiger partial charge in [-0.15, -0.1) is 0 Å². The normalized spacial score (nSPS) is 22.5. The molecule has 1 N–H and O–H groups in total. The summed E-state index contributed by atoms with van der Waals surface area (Å²) in [6.07, 6.45) is 4.81. The molecule has 3 rings (SSSR count). The van der Waals surface area contributed by atoms with Crippen LogP contribution in [-0.2, 0) is 9.59 Å². The summed E-state index contributed by atoms with van der Waals surface area (Å²) in [6, 6.07) is 8.29. The van der Waals surface area contributed by atoms with Crippen LogP contribution >= 0.6 is 0 Å². The number of benzene rings is 1. The predicted molar refractivity (Wildman–Crippen MR) is 101 cm³/mol. The van der Waals surface area contributed by atoms with Crippen LogP contribution in [0.5, 0.6) is 5.75 Å². The molecule has 1 fully saturated rings. The lowest BCUT2D eigenvalue weighted by Crippen LogP contribution is -2.44. The molecule has 0 unspecified atom stereocenters. The van der Waals surface area contributed by atoms with Crippen molar-refractivity contribution in [1.82, 2.24) is 10.2 Å². The van der Waals surface area contributed by atoms with Crippen molar-refractivity contribution in [3.05, 3.63) is 24.3 Å². The molecule has 0 bridgehead atoms. The Morgan fingerprint density at radius 3 is 2.85 bits per heavy atom. The van der Waals surface area contributed by atoms with E-state index in [2.05, 4.69) is 24.3 Å². The van der Waals surface area contributed by atoms with Gasteiger partial charge in [0.2, 0.25) is 11.8 Å². The van der Waals surface area contributed by atoms with Crippen molar-refractivity contribution in [2.75, 3.05) is 32.1 Å².